The quantitative estimate of drug-likeness (QED) is 0.729. The van der Waals surface area contributed by atoms with E-state index in [1.807, 2.05) is 6.07 Å². The molecular formula is C14H12F3IN2O. The van der Waals surface area contributed by atoms with Crippen LogP contribution in [-0.2, 0) is 6.18 Å². The van der Waals surface area contributed by atoms with E-state index in [4.69, 9.17) is 4.74 Å². The summed E-state index contributed by atoms with van der Waals surface area (Å²) in [5, 5.41) is 2.76. The van der Waals surface area contributed by atoms with Crippen molar-refractivity contribution in [1.29, 1.82) is 0 Å². The van der Waals surface area contributed by atoms with Gasteiger partial charge >= 0.3 is 6.18 Å². The van der Waals surface area contributed by atoms with Crippen molar-refractivity contribution in [3.8, 4) is 11.6 Å². The summed E-state index contributed by atoms with van der Waals surface area (Å²) in [4.78, 5) is 4.03. The second-order valence-corrected chi connectivity index (χ2v) is 5.41. The number of anilines is 1. The Hall–Kier alpha value is -1.51. The van der Waals surface area contributed by atoms with Gasteiger partial charge in [0, 0.05) is 16.2 Å². The van der Waals surface area contributed by atoms with Crippen LogP contribution in [0.5, 0.6) is 11.6 Å². The molecule has 7 heteroatoms. The number of alkyl halides is 3. The lowest BCUT2D eigenvalue weighted by Gasteiger charge is -2.12. The number of nitrogens with one attached hydrogen (secondary N) is 1. The van der Waals surface area contributed by atoms with Crippen LogP contribution in [-0.4, -0.2) is 11.5 Å². The highest BCUT2D eigenvalue weighted by Crippen LogP contribution is 2.33. The highest BCUT2D eigenvalue weighted by molar-refractivity contribution is 14.1. The molecule has 0 bridgehead atoms. The van der Waals surface area contributed by atoms with Gasteiger partial charge in [0.05, 0.1) is 5.56 Å². The monoisotopic (exact) mass is 408 g/mol. The minimum atomic E-state index is -4.45. The summed E-state index contributed by atoms with van der Waals surface area (Å²) >= 11 is 2.10. The van der Waals surface area contributed by atoms with Crippen LogP contribution in [0.3, 0.4) is 0 Å². The maximum absolute atomic E-state index is 12.9. The lowest BCUT2D eigenvalue weighted by molar-refractivity contribution is -0.137. The number of benzene rings is 1. The largest absolute Gasteiger partial charge is 0.439 e. The van der Waals surface area contributed by atoms with Gasteiger partial charge in [0.15, 0.2) is 0 Å². The fourth-order valence-electron chi connectivity index (χ4n) is 1.64. The molecule has 0 aliphatic carbocycles. The first-order valence-electron chi connectivity index (χ1n) is 6.15. The molecule has 1 N–H and O–H groups in total. The van der Waals surface area contributed by atoms with Gasteiger partial charge in [-0.2, -0.15) is 18.2 Å². The number of halogens is 4. The van der Waals surface area contributed by atoms with Crippen molar-refractivity contribution < 1.29 is 17.9 Å². The maximum atomic E-state index is 12.9. The van der Waals surface area contributed by atoms with Crippen molar-refractivity contribution in [2.75, 3.05) is 11.9 Å². The van der Waals surface area contributed by atoms with Crippen molar-refractivity contribution in [1.82, 2.24) is 4.98 Å². The van der Waals surface area contributed by atoms with Crippen LogP contribution in [0.1, 0.15) is 12.5 Å². The number of ether oxygens (including phenoxy) is 1. The predicted molar refractivity (Wildman–Crippen MR) is 82.6 cm³/mol. The molecule has 0 saturated heterocycles. The first kappa shape index (κ1) is 15.9. The smallest absolute Gasteiger partial charge is 0.416 e. The minimum absolute atomic E-state index is 0.0947. The minimum Gasteiger partial charge on any atom is -0.439 e. The van der Waals surface area contributed by atoms with Crippen LogP contribution >= 0.6 is 22.6 Å². The molecule has 0 aliphatic heterocycles. The first-order chi connectivity index (χ1) is 9.88. The van der Waals surface area contributed by atoms with E-state index in [-0.39, 0.29) is 11.7 Å². The Bertz CT molecular complexity index is 632. The zero-order valence-corrected chi connectivity index (χ0v) is 13.2. The third-order valence-corrected chi connectivity index (χ3v) is 3.18. The Morgan fingerprint density at radius 2 is 2.00 bits per heavy atom. The molecule has 0 spiro atoms. The Balaban J connectivity index is 2.35. The number of pyridine rings is 1. The molecule has 0 radical (unpaired) electrons. The maximum Gasteiger partial charge on any atom is 0.416 e. The van der Waals surface area contributed by atoms with Crippen LogP contribution in [0.2, 0.25) is 0 Å². The highest BCUT2D eigenvalue weighted by Gasteiger charge is 2.32. The summed E-state index contributed by atoms with van der Waals surface area (Å²) in [5.74, 6) is 0.479. The molecule has 0 atom stereocenters. The fraction of sp³-hybridized carbons (Fsp3) is 0.214. The third-order valence-electron chi connectivity index (χ3n) is 2.51. The molecule has 0 unspecified atom stereocenters. The summed E-state index contributed by atoms with van der Waals surface area (Å²) in [6.07, 6.45) is -4.45. The molecule has 0 fully saturated rings. The summed E-state index contributed by atoms with van der Waals surface area (Å²) in [6, 6.07) is 8.85. The Morgan fingerprint density at radius 1 is 1.24 bits per heavy atom. The fourth-order valence-corrected chi connectivity index (χ4v) is 2.16. The molecule has 2 aromatic rings. The molecule has 0 saturated carbocycles. The molecule has 1 aromatic carbocycles. The molecule has 112 valence electrons. The molecule has 1 heterocycles. The number of hydrogen-bond donors (Lipinski definition) is 1. The van der Waals surface area contributed by atoms with Gasteiger partial charge in [0.2, 0.25) is 5.88 Å². The lowest BCUT2D eigenvalue weighted by Crippen LogP contribution is -2.08. The van der Waals surface area contributed by atoms with E-state index >= 15 is 0 Å². The first-order valence-corrected chi connectivity index (χ1v) is 7.23. The Labute approximate surface area is 133 Å². The van der Waals surface area contributed by atoms with E-state index in [1.54, 1.807) is 25.1 Å². The van der Waals surface area contributed by atoms with Crippen molar-refractivity contribution in [2.24, 2.45) is 0 Å². The van der Waals surface area contributed by atoms with E-state index < -0.39 is 11.7 Å². The standard InChI is InChI=1S/C14H12F3IN2O/c1-2-19-12-6-9(14(15,16)17)7-13(20-12)21-11-5-3-4-10(18)8-11/h3-8H,2H2,1H3,(H,19,20). The van der Waals surface area contributed by atoms with E-state index in [1.165, 1.54) is 0 Å². The van der Waals surface area contributed by atoms with Crippen LogP contribution in [0.25, 0.3) is 0 Å². The van der Waals surface area contributed by atoms with E-state index in [2.05, 4.69) is 32.9 Å². The summed E-state index contributed by atoms with van der Waals surface area (Å²) in [5.41, 5.74) is -0.797. The van der Waals surface area contributed by atoms with Crippen LogP contribution in [0.4, 0.5) is 19.0 Å². The van der Waals surface area contributed by atoms with Crippen molar-refractivity contribution >= 4 is 28.4 Å². The Kier molecular flexibility index (Phi) is 4.92. The van der Waals surface area contributed by atoms with Gasteiger partial charge in [-0.3, -0.25) is 0 Å². The number of nitrogens with zero attached hydrogens (tertiary/aromatic N) is 1. The average molecular weight is 408 g/mol. The number of hydrogen-bond acceptors (Lipinski definition) is 3. The van der Waals surface area contributed by atoms with Crippen molar-refractivity contribution in [2.45, 2.75) is 13.1 Å². The molecule has 21 heavy (non-hydrogen) atoms. The normalized spacial score (nSPS) is 11.3. The SMILES string of the molecule is CCNc1cc(C(F)(F)F)cc(Oc2cccc(I)c2)n1. The second kappa shape index (κ2) is 6.50. The lowest BCUT2D eigenvalue weighted by atomic mass is 10.2. The van der Waals surface area contributed by atoms with E-state index in [9.17, 15) is 13.2 Å². The van der Waals surface area contributed by atoms with Gasteiger partial charge in [0.25, 0.3) is 0 Å². The Morgan fingerprint density at radius 3 is 2.62 bits per heavy atom. The van der Waals surface area contributed by atoms with Crippen LogP contribution < -0.4 is 10.1 Å². The van der Waals surface area contributed by atoms with E-state index in [0.29, 0.717) is 12.3 Å². The van der Waals surface area contributed by atoms with Crippen LogP contribution in [0.15, 0.2) is 36.4 Å². The van der Waals surface area contributed by atoms with Gasteiger partial charge in [-0.05, 0) is 53.8 Å². The van der Waals surface area contributed by atoms with Gasteiger partial charge in [0.1, 0.15) is 11.6 Å². The molecule has 0 amide bonds. The molecular weight excluding hydrogens is 396 g/mol. The predicted octanol–water partition coefficient (Wildman–Crippen LogP) is 4.93. The van der Waals surface area contributed by atoms with Gasteiger partial charge < -0.3 is 10.1 Å². The summed E-state index contributed by atoms with van der Waals surface area (Å²) in [7, 11) is 0. The molecule has 3 nitrogen and oxygen atoms in total. The van der Waals surface area contributed by atoms with Gasteiger partial charge in [-0.15, -0.1) is 0 Å². The van der Waals surface area contributed by atoms with Crippen molar-refractivity contribution in [3.05, 3.63) is 45.5 Å². The zero-order valence-electron chi connectivity index (χ0n) is 11.0. The van der Waals surface area contributed by atoms with E-state index in [0.717, 1.165) is 15.7 Å². The number of rotatable bonds is 4. The van der Waals surface area contributed by atoms with Crippen molar-refractivity contribution in [3.63, 3.8) is 0 Å². The zero-order chi connectivity index (χ0) is 15.5. The van der Waals surface area contributed by atoms with Crippen LogP contribution in [0, 0.1) is 3.57 Å². The summed E-state index contributed by atoms with van der Waals surface area (Å²) < 4.78 is 45.0. The third kappa shape index (κ3) is 4.48. The molecule has 1 aromatic heterocycles. The number of aromatic nitrogens is 1. The second-order valence-electron chi connectivity index (χ2n) is 4.17. The highest BCUT2D eigenvalue weighted by atomic mass is 127. The van der Waals surface area contributed by atoms with Gasteiger partial charge in [-0.25, -0.2) is 0 Å². The topological polar surface area (TPSA) is 34.1 Å². The summed E-state index contributed by atoms with van der Waals surface area (Å²) in [6.45, 7) is 2.25. The molecule has 0 aliphatic rings. The average Bonchev–Trinajstić information content (AvgIpc) is 2.37. The van der Waals surface area contributed by atoms with Gasteiger partial charge in [-0.1, -0.05) is 6.07 Å². The molecule has 2 rings (SSSR count).